The molecule has 1 aliphatic heterocycles. The van der Waals surface area contributed by atoms with Crippen molar-refractivity contribution in [2.75, 3.05) is 31.1 Å². The lowest BCUT2D eigenvalue weighted by atomic mass is 9.32. The highest BCUT2D eigenvalue weighted by molar-refractivity contribution is 7.91. The number of rotatable bonds is 10. The highest BCUT2D eigenvalue weighted by atomic mass is 32.2. The van der Waals surface area contributed by atoms with Gasteiger partial charge in [-0.25, -0.2) is 8.42 Å². The fraction of sp³-hybridized carbons (Fsp3) is 0.957. The van der Waals surface area contributed by atoms with Crippen LogP contribution in [-0.4, -0.2) is 90.4 Å². The van der Waals surface area contributed by atoms with Gasteiger partial charge in [-0.15, -0.1) is 0 Å². The topological polar surface area (TPSA) is 133 Å². The molecule has 1 saturated heterocycles. The first-order valence-electron chi connectivity index (χ1n) is 23.3. The van der Waals surface area contributed by atoms with Gasteiger partial charge in [0.15, 0.2) is 9.84 Å². The van der Waals surface area contributed by atoms with Crippen LogP contribution in [0.3, 0.4) is 0 Å². The molecular formula is C47H78N2O7S. The van der Waals surface area contributed by atoms with E-state index in [1.54, 1.807) is 0 Å². The summed E-state index contributed by atoms with van der Waals surface area (Å²) < 4.78 is 30.9. The molecule has 324 valence electrons. The van der Waals surface area contributed by atoms with Gasteiger partial charge in [0, 0.05) is 30.1 Å². The third kappa shape index (κ3) is 6.45. The minimum Gasteiger partial charge on any atom is -0.481 e. The van der Waals surface area contributed by atoms with Gasteiger partial charge in [-0.3, -0.25) is 14.5 Å². The summed E-state index contributed by atoms with van der Waals surface area (Å²) in [5.41, 5.74) is 0.501. The molecule has 0 aromatic rings. The normalized spacial score (nSPS) is 47.5. The molecule has 10 heteroatoms. The van der Waals surface area contributed by atoms with E-state index in [4.69, 9.17) is 4.74 Å². The van der Waals surface area contributed by atoms with E-state index in [-0.39, 0.29) is 62.7 Å². The number of carbonyl (C=O) groups is 2. The van der Waals surface area contributed by atoms with E-state index >= 15 is 0 Å². The molecule has 0 aromatic carbocycles. The number of hydrogen-bond acceptors (Lipinski definition) is 8. The second-order valence-corrected chi connectivity index (χ2v) is 26.0. The van der Waals surface area contributed by atoms with Crippen LogP contribution in [0.2, 0.25) is 0 Å². The predicted molar refractivity (Wildman–Crippen MR) is 223 cm³/mol. The first kappa shape index (κ1) is 42.5. The Kier molecular flexibility index (Phi) is 10.3. The van der Waals surface area contributed by atoms with E-state index in [0.29, 0.717) is 48.6 Å². The Morgan fingerprint density at radius 3 is 2.07 bits per heavy atom. The standard InChI is InChI=1S/C47H78N2O7S/c1-29(50)34(49-24-26-57(54,55)27-25-49)15-23-48-47-18-12-30(43(6)19-20-43)38(47)31-10-11-36-44(7)16-14-37(56-40(53)33-28-32(39(51)52)41(33,2)3)42(4,5)35(44)13-17-46(36,9)45(31,8)21-22-47/h29-38,48,50H,10-28H2,1-9H3,(H,51,52)/t29-,30+,31+,32-,33+,34-,35-,36+,37-,38+,44-,45+,46+,47-/m0/s1. The SMILES string of the molecule is C[C@H](O)[C@H](CCN[C@]12CC[C@@H](C3(C)CC3)[C@@H]1[C@H]1CC[C@@H]3[C@@]4(C)CC[C@H](OC(=O)[C@H]5C[C@@H](C(=O)O)C5(C)C)C(C)(C)[C@@H]4CC[C@@]3(C)[C@]1(C)CC2)N1CCS(=O)(=O)CC1. The largest absolute Gasteiger partial charge is 0.481 e. The molecule has 3 N–H and O–H groups in total. The Labute approximate surface area is 344 Å². The Morgan fingerprint density at radius 1 is 0.772 bits per heavy atom. The van der Waals surface area contributed by atoms with Crippen LogP contribution in [0, 0.1) is 73.9 Å². The summed E-state index contributed by atoms with van der Waals surface area (Å²) in [4.78, 5) is 27.7. The van der Waals surface area contributed by atoms with Crippen LogP contribution < -0.4 is 5.32 Å². The molecule has 0 unspecified atom stereocenters. The first-order chi connectivity index (χ1) is 26.5. The van der Waals surface area contributed by atoms with E-state index in [2.05, 4.69) is 51.8 Å². The monoisotopic (exact) mass is 815 g/mol. The highest BCUT2D eigenvalue weighted by Gasteiger charge is 2.72. The van der Waals surface area contributed by atoms with Crippen molar-refractivity contribution in [3.05, 3.63) is 0 Å². The number of hydrogen-bond donors (Lipinski definition) is 3. The number of esters is 1. The molecule has 0 amide bonds. The third-order valence-corrected chi connectivity index (χ3v) is 22.3. The Balaban J connectivity index is 0.998. The van der Waals surface area contributed by atoms with Gasteiger partial charge in [0.05, 0.1) is 29.4 Å². The summed E-state index contributed by atoms with van der Waals surface area (Å²) in [5, 5.41) is 24.9. The number of carboxylic acids is 1. The van der Waals surface area contributed by atoms with Crippen LogP contribution in [0.5, 0.6) is 0 Å². The average Bonchev–Trinajstić information content (AvgIpc) is 3.74. The zero-order chi connectivity index (χ0) is 41.4. The van der Waals surface area contributed by atoms with Crippen molar-refractivity contribution in [2.24, 2.45) is 73.9 Å². The molecule has 8 fully saturated rings. The van der Waals surface area contributed by atoms with Crippen LogP contribution in [-0.2, 0) is 24.2 Å². The number of aliphatic hydroxyl groups is 1. The van der Waals surface area contributed by atoms with E-state index < -0.39 is 33.2 Å². The van der Waals surface area contributed by atoms with Gasteiger partial charge in [-0.05, 0) is 160 Å². The van der Waals surface area contributed by atoms with E-state index in [9.17, 15) is 28.2 Å². The molecule has 7 aliphatic carbocycles. The molecule has 57 heavy (non-hydrogen) atoms. The molecule has 8 rings (SSSR count). The molecule has 0 bridgehead atoms. The van der Waals surface area contributed by atoms with E-state index in [1.165, 1.54) is 57.8 Å². The van der Waals surface area contributed by atoms with Crippen molar-refractivity contribution in [3.63, 3.8) is 0 Å². The lowest BCUT2D eigenvalue weighted by Crippen LogP contribution is -2.69. The Bertz CT molecular complexity index is 1690. The summed E-state index contributed by atoms with van der Waals surface area (Å²) in [6.07, 6.45) is 15.2. The number of nitrogens with zero attached hydrogens (tertiary/aromatic N) is 1. The number of carboxylic acid groups (broad SMARTS) is 1. The summed E-state index contributed by atoms with van der Waals surface area (Å²) in [6, 6.07) is -0.0302. The molecule has 14 atom stereocenters. The van der Waals surface area contributed by atoms with Gasteiger partial charge in [0.25, 0.3) is 0 Å². The fourth-order valence-electron chi connectivity index (χ4n) is 16.7. The summed E-state index contributed by atoms with van der Waals surface area (Å²) >= 11 is 0. The first-order valence-corrected chi connectivity index (χ1v) is 25.1. The van der Waals surface area contributed by atoms with Crippen LogP contribution in [0.4, 0.5) is 0 Å². The van der Waals surface area contributed by atoms with Gasteiger partial charge in [-0.1, -0.05) is 55.4 Å². The molecule has 9 nitrogen and oxygen atoms in total. The molecule has 0 aromatic heterocycles. The van der Waals surface area contributed by atoms with Crippen molar-refractivity contribution in [2.45, 2.75) is 176 Å². The highest BCUT2D eigenvalue weighted by Crippen LogP contribution is 2.78. The molecule has 7 saturated carbocycles. The minimum atomic E-state index is -2.97. The number of fused-ring (bicyclic) bond motifs is 7. The number of carbonyl (C=O) groups excluding carboxylic acids is 1. The maximum Gasteiger partial charge on any atom is 0.309 e. The Morgan fingerprint density at radius 2 is 1.46 bits per heavy atom. The molecule has 8 aliphatic rings. The van der Waals surface area contributed by atoms with Gasteiger partial charge in [0.1, 0.15) is 6.10 Å². The minimum absolute atomic E-state index is 0.0302. The maximum absolute atomic E-state index is 13.7. The summed E-state index contributed by atoms with van der Waals surface area (Å²) in [5.74, 6) is 1.70. The van der Waals surface area contributed by atoms with Gasteiger partial charge < -0.3 is 20.3 Å². The van der Waals surface area contributed by atoms with Crippen LogP contribution in [0.1, 0.15) is 152 Å². The van der Waals surface area contributed by atoms with Gasteiger partial charge in [0.2, 0.25) is 0 Å². The van der Waals surface area contributed by atoms with Gasteiger partial charge >= 0.3 is 11.9 Å². The number of ether oxygens (including phenoxy) is 1. The zero-order valence-electron chi connectivity index (χ0n) is 37.0. The van der Waals surface area contributed by atoms with Gasteiger partial charge in [-0.2, -0.15) is 0 Å². The number of aliphatic carboxylic acids is 1. The lowest BCUT2D eigenvalue weighted by Gasteiger charge is -2.73. The predicted octanol–water partition coefficient (Wildman–Crippen LogP) is 7.74. The Hall–Kier alpha value is -1.23. The average molecular weight is 815 g/mol. The van der Waals surface area contributed by atoms with Crippen LogP contribution in [0.25, 0.3) is 0 Å². The molecule has 0 radical (unpaired) electrons. The summed E-state index contributed by atoms with van der Waals surface area (Å²) in [7, 11) is -2.97. The van der Waals surface area contributed by atoms with E-state index in [1.807, 2.05) is 20.8 Å². The molecule has 1 heterocycles. The van der Waals surface area contributed by atoms with Crippen molar-refractivity contribution in [1.29, 1.82) is 0 Å². The lowest BCUT2D eigenvalue weighted by molar-refractivity contribution is -0.249. The van der Waals surface area contributed by atoms with E-state index in [0.717, 1.165) is 38.1 Å². The second-order valence-electron chi connectivity index (χ2n) is 23.6. The van der Waals surface area contributed by atoms with Crippen molar-refractivity contribution < 1.29 is 33.0 Å². The number of sulfone groups is 1. The second kappa shape index (κ2) is 13.9. The summed E-state index contributed by atoms with van der Waals surface area (Å²) in [6.45, 7) is 22.9. The quantitative estimate of drug-likeness (QED) is 0.190. The maximum atomic E-state index is 13.7. The molecule has 0 spiro atoms. The number of nitrogens with one attached hydrogen (secondary N) is 1. The van der Waals surface area contributed by atoms with Crippen molar-refractivity contribution in [1.82, 2.24) is 10.2 Å². The molecular weight excluding hydrogens is 737 g/mol. The van der Waals surface area contributed by atoms with Crippen LogP contribution in [0.15, 0.2) is 0 Å². The van der Waals surface area contributed by atoms with Crippen LogP contribution >= 0.6 is 0 Å². The fourth-order valence-corrected chi connectivity index (χ4v) is 17.9. The van der Waals surface area contributed by atoms with Crippen molar-refractivity contribution >= 4 is 21.8 Å². The smallest absolute Gasteiger partial charge is 0.309 e. The number of aliphatic hydroxyl groups excluding tert-OH is 1. The van der Waals surface area contributed by atoms with Crippen molar-refractivity contribution in [3.8, 4) is 0 Å². The zero-order valence-corrected chi connectivity index (χ0v) is 37.8. The third-order valence-electron chi connectivity index (χ3n) is 20.7.